The van der Waals surface area contributed by atoms with Crippen molar-refractivity contribution < 1.29 is 9.53 Å². The molecule has 0 spiro atoms. The van der Waals surface area contributed by atoms with Gasteiger partial charge in [-0.25, -0.2) is 4.98 Å². The summed E-state index contributed by atoms with van der Waals surface area (Å²) in [4.78, 5) is 16.3. The summed E-state index contributed by atoms with van der Waals surface area (Å²) in [5, 5.41) is 2.88. The van der Waals surface area contributed by atoms with Gasteiger partial charge in [-0.1, -0.05) is 19.1 Å². The molecule has 0 aliphatic heterocycles. The number of nitrogens with zero attached hydrogens (tertiary/aromatic N) is 1. The summed E-state index contributed by atoms with van der Waals surface area (Å²) < 4.78 is 5.84. The SMILES string of the molecule is CCC=C(C)C(=O)Nc1ccc(C)c(Oc2cc(C)ccn2)c1. The fourth-order valence-corrected chi connectivity index (χ4v) is 2.09. The van der Waals surface area contributed by atoms with Crippen molar-refractivity contribution in [3.05, 3.63) is 59.3 Å². The van der Waals surface area contributed by atoms with Gasteiger partial charge in [0.1, 0.15) is 5.75 Å². The molecule has 1 N–H and O–H groups in total. The molecule has 0 fully saturated rings. The van der Waals surface area contributed by atoms with Gasteiger partial charge in [-0.2, -0.15) is 0 Å². The highest BCUT2D eigenvalue weighted by molar-refractivity contribution is 6.03. The molecule has 1 aromatic carbocycles. The van der Waals surface area contributed by atoms with Crippen LogP contribution < -0.4 is 10.1 Å². The molecule has 0 saturated carbocycles. The standard InChI is InChI=1S/C19H22N2O2/c1-5-6-15(4)19(22)21-16-8-7-14(3)17(12-16)23-18-11-13(2)9-10-20-18/h6-12H,5H2,1-4H3,(H,21,22). The van der Waals surface area contributed by atoms with Gasteiger partial charge in [0.2, 0.25) is 5.88 Å². The minimum absolute atomic E-state index is 0.102. The Bertz CT molecular complexity index is 736. The van der Waals surface area contributed by atoms with Gasteiger partial charge in [0.15, 0.2) is 0 Å². The number of carbonyl (C=O) groups excluding carboxylic acids is 1. The van der Waals surface area contributed by atoms with Gasteiger partial charge in [0.25, 0.3) is 5.91 Å². The molecule has 1 amide bonds. The average Bonchev–Trinajstić information content (AvgIpc) is 2.51. The number of hydrogen-bond donors (Lipinski definition) is 1. The summed E-state index contributed by atoms with van der Waals surface area (Å²) in [6.45, 7) is 7.75. The lowest BCUT2D eigenvalue weighted by atomic mass is 10.2. The molecule has 0 atom stereocenters. The molecular weight excluding hydrogens is 288 g/mol. The van der Waals surface area contributed by atoms with Crippen molar-refractivity contribution >= 4 is 11.6 Å². The number of anilines is 1. The molecule has 0 bridgehead atoms. The Kier molecular flexibility index (Phi) is 5.52. The fourth-order valence-electron chi connectivity index (χ4n) is 2.09. The maximum Gasteiger partial charge on any atom is 0.250 e. The van der Waals surface area contributed by atoms with Crippen molar-refractivity contribution in [2.75, 3.05) is 5.32 Å². The summed E-state index contributed by atoms with van der Waals surface area (Å²) in [6, 6.07) is 9.39. The second-order valence-corrected chi connectivity index (χ2v) is 5.50. The Morgan fingerprint density at radius 3 is 2.74 bits per heavy atom. The molecule has 0 radical (unpaired) electrons. The zero-order chi connectivity index (χ0) is 16.8. The van der Waals surface area contributed by atoms with E-state index < -0.39 is 0 Å². The number of aromatic nitrogens is 1. The van der Waals surface area contributed by atoms with E-state index in [-0.39, 0.29) is 5.91 Å². The van der Waals surface area contributed by atoms with Gasteiger partial charge in [-0.05, 0) is 50.5 Å². The van der Waals surface area contributed by atoms with Crippen LogP contribution in [0, 0.1) is 13.8 Å². The van der Waals surface area contributed by atoms with Gasteiger partial charge in [0.05, 0.1) is 0 Å². The fraction of sp³-hybridized carbons (Fsp3) is 0.263. The highest BCUT2D eigenvalue weighted by atomic mass is 16.5. The van der Waals surface area contributed by atoms with Crippen LogP contribution in [0.15, 0.2) is 48.2 Å². The second-order valence-electron chi connectivity index (χ2n) is 5.50. The number of rotatable bonds is 5. The summed E-state index contributed by atoms with van der Waals surface area (Å²) in [7, 11) is 0. The predicted molar refractivity (Wildman–Crippen MR) is 92.9 cm³/mol. The lowest BCUT2D eigenvalue weighted by Gasteiger charge is -2.11. The summed E-state index contributed by atoms with van der Waals surface area (Å²) >= 11 is 0. The second kappa shape index (κ2) is 7.58. The van der Waals surface area contributed by atoms with E-state index in [1.165, 1.54) is 0 Å². The van der Waals surface area contributed by atoms with Crippen molar-refractivity contribution in [2.24, 2.45) is 0 Å². The zero-order valence-corrected chi connectivity index (χ0v) is 14.0. The van der Waals surface area contributed by atoms with Crippen molar-refractivity contribution in [3.8, 4) is 11.6 Å². The smallest absolute Gasteiger partial charge is 0.250 e. The minimum Gasteiger partial charge on any atom is -0.439 e. The van der Waals surface area contributed by atoms with Crippen molar-refractivity contribution in [3.63, 3.8) is 0 Å². The van der Waals surface area contributed by atoms with Crippen molar-refractivity contribution in [2.45, 2.75) is 34.1 Å². The zero-order valence-electron chi connectivity index (χ0n) is 14.0. The molecule has 4 heteroatoms. The molecule has 0 aliphatic rings. The van der Waals surface area contributed by atoms with E-state index in [4.69, 9.17) is 4.74 Å². The van der Waals surface area contributed by atoms with Gasteiger partial charge < -0.3 is 10.1 Å². The molecule has 0 unspecified atom stereocenters. The van der Waals surface area contributed by atoms with Crippen LogP contribution in [0.25, 0.3) is 0 Å². The van der Waals surface area contributed by atoms with Crippen LogP contribution in [-0.4, -0.2) is 10.9 Å². The number of hydrogen-bond acceptors (Lipinski definition) is 3. The van der Waals surface area contributed by atoms with Gasteiger partial charge in [-0.15, -0.1) is 0 Å². The topological polar surface area (TPSA) is 51.2 Å². The highest BCUT2D eigenvalue weighted by Gasteiger charge is 2.08. The number of pyridine rings is 1. The maximum absolute atomic E-state index is 12.1. The monoisotopic (exact) mass is 310 g/mol. The molecule has 120 valence electrons. The molecule has 0 saturated heterocycles. The number of nitrogens with one attached hydrogen (secondary N) is 1. The summed E-state index contributed by atoms with van der Waals surface area (Å²) in [6.07, 6.45) is 4.45. The molecule has 4 nitrogen and oxygen atoms in total. The van der Waals surface area contributed by atoms with Crippen molar-refractivity contribution in [1.82, 2.24) is 4.98 Å². The minimum atomic E-state index is -0.102. The first-order valence-corrected chi connectivity index (χ1v) is 7.69. The van der Waals surface area contributed by atoms with Crippen LogP contribution in [0.2, 0.25) is 0 Å². The Balaban J connectivity index is 2.19. The van der Waals surface area contributed by atoms with Gasteiger partial charge in [0, 0.05) is 29.6 Å². The molecule has 2 aromatic rings. The molecular formula is C19H22N2O2. The van der Waals surface area contributed by atoms with Crippen LogP contribution in [0.5, 0.6) is 11.6 Å². The van der Waals surface area contributed by atoms with Crippen molar-refractivity contribution in [1.29, 1.82) is 0 Å². The summed E-state index contributed by atoms with van der Waals surface area (Å²) in [5.74, 6) is 1.12. The Morgan fingerprint density at radius 1 is 1.26 bits per heavy atom. The first-order valence-electron chi connectivity index (χ1n) is 7.69. The average molecular weight is 310 g/mol. The van der Waals surface area contributed by atoms with Gasteiger partial charge in [-0.3, -0.25) is 4.79 Å². The number of amides is 1. The third-order valence-corrected chi connectivity index (χ3v) is 3.42. The van der Waals surface area contributed by atoms with Crippen LogP contribution in [0.4, 0.5) is 5.69 Å². The van der Waals surface area contributed by atoms with Crippen LogP contribution >= 0.6 is 0 Å². The highest BCUT2D eigenvalue weighted by Crippen LogP contribution is 2.27. The molecule has 23 heavy (non-hydrogen) atoms. The van der Waals surface area contributed by atoms with E-state index in [9.17, 15) is 4.79 Å². The molecule has 1 heterocycles. The third-order valence-electron chi connectivity index (χ3n) is 3.42. The van der Waals surface area contributed by atoms with E-state index in [2.05, 4.69) is 10.3 Å². The first kappa shape index (κ1) is 16.7. The lowest BCUT2D eigenvalue weighted by molar-refractivity contribution is -0.112. The molecule has 1 aromatic heterocycles. The number of aryl methyl sites for hydroxylation is 2. The van der Waals surface area contributed by atoms with E-state index in [0.29, 0.717) is 22.9 Å². The maximum atomic E-state index is 12.1. The summed E-state index contributed by atoms with van der Waals surface area (Å²) in [5.41, 5.74) is 3.47. The normalized spacial score (nSPS) is 11.2. The van der Waals surface area contributed by atoms with E-state index >= 15 is 0 Å². The first-order chi connectivity index (χ1) is 11.0. The molecule has 0 aliphatic carbocycles. The quantitative estimate of drug-likeness (QED) is 0.808. The predicted octanol–water partition coefficient (Wildman–Crippen LogP) is 4.79. The van der Waals surface area contributed by atoms with E-state index in [1.807, 2.05) is 57.2 Å². The molecule has 2 rings (SSSR count). The van der Waals surface area contributed by atoms with Crippen LogP contribution in [0.1, 0.15) is 31.4 Å². The lowest BCUT2D eigenvalue weighted by Crippen LogP contribution is -2.12. The third kappa shape index (κ3) is 4.68. The van der Waals surface area contributed by atoms with Crippen LogP contribution in [-0.2, 0) is 4.79 Å². The largest absolute Gasteiger partial charge is 0.439 e. The Labute approximate surface area is 137 Å². The van der Waals surface area contributed by atoms with Gasteiger partial charge >= 0.3 is 0 Å². The van der Waals surface area contributed by atoms with E-state index in [1.54, 1.807) is 13.1 Å². The number of allylic oxidation sites excluding steroid dienone is 1. The number of carbonyl (C=O) groups is 1. The Morgan fingerprint density at radius 2 is 2.04 bits per heavy atom. The number of benzene rings is 1. The Hall–Kier alpha value is -2.62. The van der Waals surface area contributed by atoms with E-state index in [0.717, 1.165) is 17.5 Å². The number of ether oxygens (including phenoxy) is 1. The van der Waals surface area contributed by atoms with Crippen LogP contribution in [0.3, 0.4) is 0 Å².